The van der Waals surface area contributed by atoms with Gasteiger partial charge in [0.25, 0.3) is 0 Å². The third-order valence-corrected chi connectivity index (χ3v) is 4.45. The van der Waals surface area contributed by atoms with Gasteiger partial charge in [0, 0.05) is 17.5 Å². The van der Waals surface area contributed by atoms with Crippen molar-refractivity contribution in [1.29, 1.82) is 0 Å². The first-order valence-corrected chi connectivity index (χ1v) is 7.02. The molecule has 0 unspecified atom stereocenters. The van der Waals surface area contributed by atoms with Crippen molar-refractivity contribution in [3.05, 3.63) is 29.8 Å². The van der Waals surface area contributed by atoms with Crippen LogP contribution in [-0.4, -0.2) is 16.5 Å². The largest absolute Gasteiger partial charge is 0.335 e. The van der Waals surface area contributed by atoms with Gasteiger partial charge in [-0.15, -0.1) is 0 Å². The maximum absolute atomic E-state index is 13.1. The minimum atomic E-state index is -0.846. The highest BCUT2D eigenvalue weighted by Gasteiger charge is 2.32. The fourth-order valence-electron chi connectivity index (χ4n) is 1.86. The molecule has 0 aliphatic carbocycles. The summed E-state index contributed by atoms with van der Waals surface area (Å²) in [4.78, 5) is 4.66. The summed E-state index contributed by atoms with van der Waals surface area (Å²) in [6.07, 6.45) is 1.97. The molecule has 1 aliphatic heterocycles. The van der Waals surface area contributed by atoms with Gasteiger partial charge in [0.05, 0.1) is 5.54 Å². The van der Waals surface area contributed by atoms with Crippen molar-refractivity contribution in [2.45, 2.75) is 32.2 Å². The number of hydrogen-bond donors (Lipinski definition) is 1. The van der Waals surface area contributed by atoms with E-state index >= 15 is 0 Å². The molecule has 1 N–H and O–H groups in total. The molecule has 0 spiro atoms. The molecular weight excluding hydrogens is 254 g/mol. The number of halogens is 2. The molecule has 5 heteroatoms. The molecule has 0 amide bonds. The third kappa shape index (κ3) is 2.66. The summed E-state index contributed by atoms with van der Waals surface area (Å²) in [5.41, 5.74) is 0.522. The summed E-state index contributed by atoms with van der Waals surface area (Å²) in [6.45, 7) is 4.24. The lowest BCUT2D eigenvalue weighted by Crippen LogP contribution is -2.24. The minimum absolute atomic E-state index is 0.00836. The number of rotatable bonds is 3. The van der Waals surface area contributed by atoms with Crippen LogP contribution in [0.3, 0.4) is 0 Å². The summed E-state index contributed by atoms with van der Waals surface area (Å²) in [7, 11) is 0. The lowest BCUT2D eigenvalue weighted by molar-refractivity contribution is 0.456. The molecule has 98 valence electrons. The van der Waals surface area contributed by atoms with Crippen molar-refractivity contribution in [2.75, 3.05) is 11.1 Å². The third-order valence-electron chi connectivity index (χ3n) is 3.30. The molecule has 1 aliphatic rings. The van der Waals surface area contributed by atoms with Crippen LogP contribution >= 0.6 is 11.8 Å². The monoisotopic (exact) mass is 270 g/mol. The number of hydrogen-bond acceptors (Lipinski definition) is 3. The molecule has 0 saturated heterocycles. The lowest BCUT2D eigenvalue weighted by atomic mass is 9.97. The average Bonchev–Trinajstić information content (AvgIpc) is 2.78. The van der Waals surface area contributed by atoms with E-state index in [4.69, 9.17) is 0 Å². The molecule has 0 fully saturated rings. The molecule has 0 radical (unpaired) electrons. The van der Waals surface area contributed by atoms with Gasteiger partial charge in [0.1, 0.15) is 0 Å². The second-order valence-electron chi connectivity index (χ2n) is 4.39. The summed E-state index contributed by atoms with van der Waals surface area (Å²) >= 11 is 1.63. The highest BCUT2D eigenvalue weighted by molar-refractivity contribution is 8.14. The zero-order chi connectivity index (χ0) is 13.2. The molecule has 0 bridgehead atoms. The second kappa shape index (κ2) is 5.26. The number of benzene rings is 1. The summed E-state index contributed by atoms with van der Waals surface area (Å²) in [6, 6.07) is 3.78. The van der Waals surface area contributed by atoms with Gasteiger partial charge in [0.15, 0.2) is 16.8 Å². The first-order chi connectivity index (χ1) is 8.58. The topological polar surface area (TPSA) is 24.4 Å². The van der Waals surface area contributed by atoms with E-state index in [9.17, 15) is 8.78 Å². The van der Waals surface area contributed by atoms with Gasteiger partial charge in [-0.1, -0.05) is 25.6 Å². The van der Waals surface area contributed by atoms with Gasteiger partial charge in [-0.05, 0) is 25.0 Å². The number of amidine groups is 1. The first kappa shape index (κ1) is 13.3. The van der Waals surface area contributed by atoms with Crippen LogP contribution in [0.25, 0.3) is 0 Å². The fraction of sp³-hybridized carbons (Fsp3) is 0.462. The quantitative estimate of drug-likeness (QED) is 0.896. The van der Waals surface area contributed by atoms with Crippen LogP contribution in [0.5, 0.6) is 0 Å². The Kier molecular flexibility index (Phi) is 3.90. The van der Waals surface area contributed by atoms with Crippen molar-refractivity contribution in [2.24, 2.45) is 4.99 Å². The van der Waals surface area contributed by atoms with E-state index in [1.54, 1.807) is 11.8 Å². The highest BCUT2D eigenvalue weighted by Crippen LogP contribution is 2.33. The smallest absolute Gasteiger partial charge is 0.161 e. The van der Waals surface area contributed by atoms with Crippen molar-refractivity contribution in [1.82, 2.24) is 0 Å². The van der Waals surface area contributed by atoms with Crippen LogP contribution < -0.4 is 5.32 Å². The van der Waals surface area contributed by atoms with Crippen LogP contribution in [-0.2, 0) is 0 Å². The zero-order valence-corrected chi connectivity index (χ0v) is 11.3. The average molecular weight is 270 g/mol. The molecule has 0 saturated carbocycles. The summed E-state index contributed by atoms with van der Waals surface area (Å²) in [5, 5.41) is 3.82. The molecular formula is C13H16F2N2S. The van der Waals surface area contributed by atoms with E-state index < -0.39 is 11.6 Å². The fourth-order valence-corrected chi connectivity index (χ4v) is 3.18. The maximum atomic E-state index is 13.1. The molecule has 1 aromatic carbocycles. The van der Waals surface area contributed by atoms with E-state index in [0.717, 1.165) is 35.9 Å². The summed E-state index contributed by atoms with van der Waals surface area (Å²) < 4.78 is 25.9. The molecule has 0 aromatic heterocycles. The van der Waals surface area contributed by atoms with Crippen LogP contribution in [0.1, 0.15) is 26.7 Å². The number of thioether (sulfide) groups is 1. The predicted molar refractivity (Wildman–Crippen MR) is 73.2 cm³/mol. The predicted octanol–water partition coefficient (Wildman–Crippen LogP) is 4.04. The number of aliphatic imine (C=N–C) groups is 1. The van der Waals surface area contributed by atoms with Crippen LogP contribution in [0.2, 0.25) is 0 Å². The lowest BCUT2D eigenvalue weighted by Gasteiger charge is -2.20. The van der Waals surface area contributed by atoms with Crippen LogP contribution in [0.4, 0.5) is 14.5 Å². The first-order valence-electron chi connectivity index (χ1n) is 6.03. The Hall–Kier alpha value is -1.10. The molecule has 2 nitrogen and oxygen atoms in total. The van der Waals surface area contributed by atoms with Crippen molar-refractivity contribution in [3.8, 4) is 0 Å². The van der Waals surface area contributed by atoms with Crippen molar-refractivity contribution < 1.29 is 8.78 Å². The Morgan fingerprint density at radius 1 is 1.28 bits per heavy atom. The van der Waals surface area contributed by atoms with Crippen molar-refractivity contribution >= 4 is 22.6 Å². The van der Waals surface area contributed by atoms with E-state index in [1.807, 2.05) is 0 Å². The van der Waals surface area contributed by atoms with E-state index in [0.29, 0.717) is 5.69 Å². The van der Waals surface area contributed by atoms with Gasteiger partial charge in [-0.3, -0.25) is 4.99 Å². The Balaban J connectivity index is 2.13. The number of nitrogens with one attached hydrogen (secondary N) is 1. The Bertz CT molecular complexity index is 470. The molecule has 2 rings (SSSR count). The maximum Gasteiger partial charge on any atom is 0.161 e. The molecule has 0 atom stereocenters. The highest BCUT2D eigenvalue weighted by atomic mass is 32.2. The normalized spacial score (nSPS) is 17.7. The van der Waals surface area contributed by atoms with E-state index in [1.165, 1.54) is 6.07 Å². The van der Waals surface area contributed by atoms with Gasteiger partial charge >= 0.3 is 0 Å². The van der Waals surface area contributed by atoms with Gasteiger partial charge in [-0.2, -0.15) is 0 Å². The summed E-state index contributed by atoms with van der Waals surface area (Å²) in [5.74, 6) is -0.745. The molecule has 1 heterocycles. The van der Waals surface area contributed by atoms with Crippen molar-refractivity contribution in [3.63, 3.8) is 0 Å². The van der Waals surface area contributed by atoms with E-state index in [2.05, 4.69) is 24.2 Å². The Morgan fingerprint density at radius 2 is 2.00 bits per heavy atom. The second-order valence-corrected chi connectivity index (χ2v) is 5.36. The molecule has 18 heavy (non-hydrogen) atoms. The van der Waals surface area contributed by atoms with Crippen LogP contribution in [0, 0.1) is 11.6 Å². The number of nitrogens with zero attached hydrogens (tertiary/aromatic N) is 1. The van der Waals surface area contributed by atoms with E-state index in [-0.39, 0.29) is 5.54 Å². The van der Waals surface area contributed by atoms with Gasteiger partial charge in [0.2, 0.25) is 0 Å². The minimum Gasteiger partial charge on any atom is -0.335 e. The van der Waals surface area contributed by atoms with Crippen LogP contribution in [0.15, 0.2) is 23.2 Å². The Morgan fingerprint density at radius 3 is 2.56 bits per heavy atom. The van der Waals surface area contributed by atoms with Gasteiger partial charge < -0.3 is 5.32 Å². The molecule has 1 aromatic rings. The SMILES string of the molecule is CCC1(CC)CSC(Nc2ccc(F)c(F)c2)=N1. The zero-order valence-electron chi connectivity index (χ0n) is 10.5. The Labute approximate surface area is 110 Å². The standard InChI is InChI=1S/C13H16F2N2S/c1-3-13(4-2)8-18-12(17-13)16-9-5-6-10(14)11(15)7-9/h5-7H,3-4,8H2,1-2H3,(H,16,17). The number of anilines is 1. The van der Waals surface area contributed by atoms with Gasteiger partial charge in [-0.25, -0.2) is 8.78 Å².